The maximum atomic E-state index is 2.70. The molecule has 2 aliphatic rings. The first-order valence-corrected chi connectivity index (χ1v) is 7.31. The van der Waals surface area contributed by atoms with E-state index >= 15 is 0 Å². The summed E-state index contributed by atoms with van der Waals surface area (Å²) >= 11 is 0. The van der Waals surface area contributed by atoms with Gasteiger partial charge in [0.25, 0.3) is 0 Å². The highest BCUT2D eigenvalue weighted by Gasteiger charge is 2.28. The Kier molecular flexibility index (Phi) is 3.29. The van der Waals surface area contributed by atoms with Crippen molar-refractivity contribution in [3.05, 3.63) is 29.3 Å². The average Bonchev–Trinajstić information content (AvgIpc) is 2.32. The van der Waals surface area contributed by atoms with Crippen LogP contribution in [0.25, 0.3) is 0 Å². The topological polar surface area (TPSA) is 6.48 Å². The van der Waals surface area contributed by atoms with Crippen molar-refractivity contribution in [1.29, 1.82) is 0 Å². The number of rotatable bonds is 2. The Morgan fingerprint density at radius 3 is 2.33 bits per heavy atom. The van der Waals surface area contributed by atoms with Crippen molar-refractivity contribution >= 4 is 5.69 Å². The molecular weight excluding hydrogens is 220 g/mol. The van der Waals surface area contributed by atoms with Gasteiger partial charge in [0.15, 0.2) is 0 Å². The van der Waals surface area contributed by atoms with Gasteiger partial charge in [0, 0.05) is 37.9 Å². The van der Waals surface area contributed by atoms with E-state index in [0.717, 1.165) is 6.04 Å². The van der Waals surface area contributed by atoms with Gasteiger partial charge in [-0.2, -0.15) is 0 Å². The van der Waals surface area contributed by atoms with E-state index in [1.807, 2.05) is 0 Å². The van der Waals surface area contributed by atoms with Gasteiger partial charge in [-0.25, -0.2) is 0 Å². The molecule has 1 aliphatic carbocycles. The molecule has 0 spiro atoms. The number of nitrogens with zero attached hydrogens (tertiary/aromatic N) is 2. The van der Waals surface area contributed by atoms with Crippen LogP contribution in [-0.2, 0) is 0 Å². The lowest BCUT2D eigenvalue weighted by Crippen LogP contribution is -2.52. The summed E-state index contributed by atoms with van der Waals surface area (Å²) in [5.41, 5.74) is 4.31. The second kappa shape index (κ2) is 4.93. The summed E-state index contributed by atoms with van der Waals surface area (Å²) < 4.78 is 0. The molecule has 1 aromatic rings. The molecule has 98 valence electrons. The van der Waals surface area contributed by atoms with Crippen molar-refractivity contribution in [2.75, 3.05) is 31.1 Å². The van der Waals surface area contributed by atoms with Gasteiger partial charge in [0.1, 0.15) is 0 Å². The summed E-state index contributed by atoms with van der Waals surface area (Å²) in [5, 5.41) is 0. The molecule has 0 unspecified atom stereocenters. The molecule has 0 radical (unpaired) electrons. The predicted molar refractivity (Wildman–Crippen MR) is 77.3 cm³/mol. The largest absolute Gasteiger partial charge is 0.369 e. The van der Waals surface area contributed by atoms with E-state index in [2.05, 4.69) is 41.8 Å². The van der Waals surface area contributed by atoms with Crippen LogP contribution in [0.15, 0.2) is 18.2 Å². The number of benzene rings is 1. The minimum atomic E-state index is 0.908. The summed E-state index contributed by atoms with van der Waals surface area (Å²) in [6.45, 7) is 9.35. The first-order chi connectivity index (χ1) is 8.75. The molecule has 1 saturated carbocycles. The van der Waals surface area contributed by atoms with Gasteiger partial charge in [0.2, 0.25) is 0 Å². The maximum absolute atomic E-state index is 2.70. The molecule has 18 heavy (non-hydrogen) atoms. The fraction of sp³-hybridized carbons (Fsp3) is 0.625. The van der Waals surface area contributed by atoms with Gasteiger partial charge in [-0.3, -0.25) is 4.90 Å². The van der Waals surface area contributed by atoms with Crippen LogP contribution in [0.3, 0.4) is 0 Å². The van der Waals surface area contributed by atoms with Crippen LogP contribution >= 0.6 is 0 Å². The van der Waals surface area contributed by atoms with E-state index in [1.54, 1.807) is 0 Å². The van der Waals surface area contributed by atoms with Crippen molar-refractivity contribution in [2.24, 2.45) is 0 Å². The van der Waals surface area contributed by atoms with E-state index in [-0.39, 0.29) is 0 Å². The summed E-state index contributed by atoms with van der Waals surface area (Å²) in [6.07, 6.45) is 4.31. The van der Waals surface area contributed by atoms with Crippen LogP contribution in [0.4, 0.5) is 5.69 Å². The Labute approximate surface area is 111 Å². The zero-order chi connectivity index (χ0) is 12.5. The number of piperazine rings is 1. The van der Waals surface area contributed by atoms with Crippen molar-refractivity contribution in [3.63, 3.8) is 0 Å². The fourth-order valence-corrected chi connectivity index (χ4v) is 3.16. The molecule has 1 heterocycles. The summed E-state index contributed by atoms with van der Waals surface area (Å²) in [6, 6.07) is 7.59. The van der Waals surface area contributed by atoms with E-state index in [9.17, 15) is 0 Å². The SMILES string of the molecule is Cc1cccc(N2CCN(C3CCC3)CC2)c1C. The van der Waals surface area contributed by atoms with Crippen LogP contribution in [0.5, 0.6) is 0 Å². The maximum Gasteiger partial charge on any atom is 0.0399 e. The summed E-state index contributed by atoms with van der Waals surface area (Å²) in [4.78, 5) is 5.27. The fourth-order valence-electron chi connectivity index (χ4n) is 3.16. The lowest BCUT2D eigenvalue weighted by Gasteiger charge is -2.44. The van der Waals surface area contributed by atoms with Crippen molar-refractivity contribution in [3.8, 4) is 0 Å². The van der Waals surface area contributed by atoms with Crippen LogP contribution in [0.2, 0.25) is 0 Å². The van der Waals surface area contributed by atoms with Gasteiger partial charge in [0.05, 0.1) is 0 Å². The van der Waals surface area contributed by atoms with Gasteiger partial charge < -0.3 is 4.90 Å². The highest BCUT2D eigenvalue weighted by atomic mass is 15.3. The van der Waals surface area contributed by atoms with Crippen molar-refractivity contribution in [2.45, 2.75) is 39.2 Å². The van der Waals surface area contributed by atoms with Crippen molar-refractivity contribution in [1.82, 2.24) is 4.90 Å². The van der Waals surface area contributed by atoms with Crippen LogP contribution in [-0.4, -0.2) is 37.1 Å². The average molecular weight is 244 g/mol. The first-order valence-electron chi connectivity index (χ1n) is 7.31. The lowest BCUT2D eigenvalue weighted by atomic mass is 9.91. The van der Waals surface area contributed by atoms with Crippen LogP contribution < -0.4 is 4.90 Å². The van der Waals surface area contributed by atoms with Gasteiger partial charge in [-0.1, -0.05) is 18.6 Å². The van der Waals surface area contributed by atoms with E-state index < -0.39 is 0 Å². The monoisotopic (exact) mass is 244 g/mol. The highest BCUT2D eigenvalue weighted by molar-refractivity contribution is 5.56. The second-order valence-corrected chi connectivity index (χ2v) is 5.83. The molecule has 2 nitrogen and oxygen atoms in total. The van der Waals surface area contributed by atoms with Gasteiger partial charge >= 0.3 is 0 Å². The Bertz CT molecular complexity index is 415. The van der Waals surface area contributed by atoms with E-state index in [4.69, 9.17) is 0 Å². The van der Waals surface area contributed by atoms with E-state index in [0.29, 0.717) is 0 Å². The predicted octanol–water partition coefficient (Wildman–Crippen LogP) is 2.98. The molecule has 1 saturated heterocycles. The third-order valence-corrected chi connectivity index (χ3v) is 4.82. The molecule has 3 rings (SSSR count). The highest BCUT2D eigenvalue weighted by Crippen LogP contribution is 2.28. The Hall–Kier alpha value is -1.02. The van der Waals surface area contributed by atoms with Crippen LogP contribution in [0.1, 0.15) is 30.4 Å². The second-order valence-electron chi connectivity index (χ2n) is 5.83. The summed E-state index contributed by atoms with van der Waals surface area (Å²) in [7, 11) is 0. The molecule has 0 atom stereocenters. The number of aryl methyl sites for hydroxylation is 1. The molecule has 0 aromatic heterocycles. The molecule has 2 heteroatoms. The normalized spacial score (nSPS) is 22.0. The zero-order valence-corrected chi connectivity index (χ0v) is 11.7. The minimum Gasteiger partial charge on any atom is -0.369 e. The third kappa shape index (κ3) is 2.14. The molecule has 2 fully saturated rings. The Morgan fingerprint density at radius 2 is 1.72 bits per heavy atom. The first kappa shape index (κ1) is 12.0. The quantitative estimate of drug-likeness (QED) is 0.789. The summed E-state index contributed by atoms with van der Waals surface area (Å²) in [5.74, 6) is 0. The molecule has 1 aromatic carbocycles. The zero-order valence-electron chi connectivity index (χ0n) is 11.7. The molecule has 0 bridgehead atoms. The third-order valence-electron chi connectivity index (χ3n) is 4.82. The minimum absolute atomic E-state index is 0.908. The number of anilines is 1. The van der Waals surface area contributed by atoms with E-state index in [1.165, 1.54) is 62.3 Å². The number of hydrogen-bond acceptors (Lipinski definition) is 2. The van der Waals surface area contributed by atoms with Gasteiger partial charge in [-0.05, 0) is 43.9 Å². The standard InChI is InChI=1S/C16H24N2/c1-13-5-3-8-16(14(13)2)18-11-9-17(10-12-18)15-6-4-7-15/h3,5,8,15H,4,6-7,9-12H2,1-2H3. The van der Waals surface area contributed by atoms with Gasteiger partial charge in [-0.15, -0.1) is 0 Å². The molecular formula is C16H24N2. The smallest absolute Gasteiger partial charge is 0.0399 e. The van der Waals surface area contributed by atoms with Crippen molar-refractivity contribution < 1.29 is 0 Å². The molecule has 0 amide bonds. The number of hydrogen-bond donors (Lipinski definition) is 0. The Morgan fingerprint density at radius 1 is 1.00 bits per heavy atom. The molecule has 1 aliphatic heterocycles. The lowest BCUT2D eigenvalue weighted by molar-refractivity contribution is 0.120. The van der Waals surface area contributed by atoms with Crippen LogP contribution in [0, 0.1) is 13.8 Å². The Balaban J connectivity index is 1.66. The molecule has 0 N–H and O–H groups in total.